The number of hydrogen-bond donors (Lipinski definition) is 2. The highest BCUT2D eigenvalue weighted by atomic mass is 79.9. The summed E-state index contributed by atoms with van der Waals surface area (Å²) in [5, 5.41) is 15.7. The summed E-state index contributed by atoms with van der Waals surface area (Å²) >= 11 is 3.22. The Morgan fingerprint density at radius 3 is 2.65 bits per heavy atom. The summed E-state index contributed by atoms with van der Waals surface area (Å²) in [6, 6.07) is 10.1. The Labute approximate surface area is 141 Å². The summed E-state index contributed by atoms with van der Waals surface area (Å²) in [4.78, 5) is 23.0. The molecule has 0 saturated carbocycles. The zero-order chi connectivity index (χ0) is 16.8. The quantitative estimate of drug-likeness (QED) is 0.801. The summed E-state index contributed by atoms with van der Waals surface area (Å²) in [5.41, 5.74) is 1.41. The van der Waals surface area contributed by atoms with Gasteiger partial charge in [-0.3, -0.25) is 9.48 Å². The van der Waals surface area contributed by atoms with E-state index >= 15 is 0 Å². The molecule has 0 aliphatic carbocycles. The van der Waals surface area contributed by atoms with Gasteiger partial charge in [0.15, 0.2) is 0 Å². The third-order valence-corrected chi connectivity index (χ3v) is 3.51. The van der Waals surface area contributed by atoms with Gasteiger partial charge in [0.1, 0.15) is 11.2 Å². The molecule has 2 rings (SSSR count). The Balaban J connectivity index is 2.01. The second-order valence-corrected chi connectivity index (χ2v) is 5.68. The molecule has 1 aromatic carbocycles. The molecule has 2 aromatic rings. The van der Waals surface area contributed by atoms with Crippen LogP contribution in [0.4, 0.5) is 4.79 Å². The first-order valence-corrected chi connectivity index (χ1v) is 7.63. The van der Waals surface area contributed by atoms with E-state index in [0.29, 0.717) is 10.3 Å². The third-order valence-electron chi connectivity index (χ3n) is 3.13. The number of carbonyl (C=O) groups is 2. The lowest BCUT2D eigenvalue weighted by atomic mass is 10.1. The Morgan fingerprint density at radius 2 is 2.09 bits per heavy atom. The maximum atomic E-state index is 11.9. The Kier molecular flexibility index (Phi) is 5.75. The number of rotatable bonds is 6. The fraction of sp³-hybridized carbons (Fsp3) is 0.267. The molecule has 23 heavy (non-hydrogen) atoms. The van der Waals surface area contributed by atoms with Crippen LogP contribution >= 0.6 is 15.9 Å². The van der Waals surface area contributed by atoms with Gasteiger partial charge in [0, 0.05) is 7.05 Å². The lowest BCUT2D eigenvalue weighted by Gasteiger charge is -2.17. The minimum absolute atomic E-state index is 0.113. The van der Waals surface area contributed by atoms with Crippen LogP contribution < -0.4 is 5.32 Å². The van der Waals surface area contributed by atoms with Crippen LogP contribution in [0.3, 0.4) is 0 Å². The molecule has 0 bridgehead atoms. The van der Waals surface area contributed by atoms with Crippen LogP contribution in [0.25, 0.3) is 0 Å². The van der Waals surface area contributed by atoms with E-state index < -0.39 is 18.1 Å². The average Bonchev–Trinajstić information content (AvgIpc) is 2.84. The largest absolute Gasteiger partial charge is 0.481 e. The smallest absolute Gasteiger partial charge is 0.408 e. The van der Waals surface area contributed by atoms with Crippen LogP contribution in [0, 0.1) is 0 Å². The Hall–Kier alpha value is -2.35. The van der Waals surface area contributed by atoms with Crippen LogP contribution in [0.15, 0.2) is 41.0 Å². The number of halogens is 1. The molecule has 0 saturated heterocycles. The fourth-order valence-corrected chi connectivity index (χ4v) is 2.56. The van der Waals surface area contributed by atoms with E-state index in [1.165, 1.54) is 4.68 Å². The fourth-order valence-electron chi connectivity index (χ4n) is 2.08. The lowest BCUT2D eigenvalue weighted by molar-refractivity contribution is -0.137. The van der Waals surface area contributed by atoms with Crippen molar-refractivity contribution >= 4 is 28.0 Å². The van der Waals surface area contributed by atoms with Gasteiger partial charge in [-0.15, -0.1) is 0 Å². The van der Waals surface area contributed by atoms with Crippen molar-refractivity contribution in [3.8, 4) is 0 Å². The molecule has 8 heteroatoms. The molecule has 1 atom stereocenters. The number of nitrogens with one attached hydrogen (secondary N) is 1. The first-order chi connectivity index (χ1) is 11.0. The van der Waals surface area contributed by atoms with Gasteiger partial charge in [-0.2, -0.15) is 5.10 Å². The first kappa shape index (κ1) is 17.0. The van der Waals surface area contributed by atoms with Crippen molar-refractivity contribution in [2.45, 2.75) is 19.1 Å². The van der Waals surface area contributed by atoms with Crippen LogP contribution in [-0.2, 0) is 23.2 Å². The predicted molar refractivity (Wildman–Crippen MR) is 85.7 cm³/mol. The zero-order valence-corrected chi connectivity index (χ0v) is 14.0. The van der Waals surface area contributed by atoms with Crippen molar-refractivity contribution in [2.75, 3.05) is 0 Å². The van der Waals surface area contributed by atoms with Crippen LogP contribution in [0.5, 0.6) is 0 Å². The second-order valence-electron chi connectivity index (χ2n) is 4.87. The molecule has 1 heterocycles. The predicted octanol–water partition coefficient (Wildman–Crippen LogP) is 2.62. The Morgan fingerprint density at radius 1 is 1.39 bits per heavy atom. The molecule has 1 amide bonds. The molecular formula is C15H16BrN3O4. The summed E-state index contributed by atoms with van der Waals surface area (Å²) in [6.07, 6.45) is -0.954. The normalized spacial score (nSPS) is 11.7. The van der Waals surface area contributed by atoms with Crippen LogP contribution in [-0.4, -0.2) is 26.9 Å². The van der Waals surface area contributed by atoms with E-state index in [-0.39, 0.29) is 13.0 Å². The summed E-state index contributed by atoms with van der Waals surface area (Å²) in [7, 11) is 1.67. The number of benzene rings is 1. The van der Waals surface area contributed by atoms with E-state index in [9.17, 15) is 9.59 Å². The first-order valence-electron chi connectivity index (χ1n) is 6.84. The van der Waals surface area contributed by atoms with Crippen molar-refractivity contribution in [3.63, 3.8) is 0 Å². The van der Waals surface area contributed by atoms with Crippen molar-refractivity contribution in [1.29, 1.82) is 0 Å². The summed E-state index contributed by atoms with van der Waals surface area (Å²) in [6.45, 7) is 0.113. The number of alkyl carbamates (subject to hydrolysis) is 1. The van der Waals surface area contributed by atoms with Crippen LogP contribution in [0.2, 0.25) is 0 Å². The average molecular weight is 382 g/mol. The minimum atomic E-state index is -1.03. The highest BCUT2D eigenvalue weighted by Gasteiger charge is 2.22. The molecule has 0 unspecified atom stereocenters. The number of hydrogen-bond acceptors (Lipinski definition) is 4. The second kappa shape index (κ2) is 7.77. The van der Waals surface area contributed by atoms with E-state index in [2.05, 4.69) is 26.3 Å². The molecule has 0 aliphatic rings. The molecule has 0 spiro atoms. The van der Waals surface area contributed by atoms with Crippen molar-refractivity contribution in [2.24, 2.45) is 7.05 Å². The number of nitrogens with zero attached hydrogens (tertiary/aromatic N) is 2. The van der Waals surface area contributed by atoms with E-state index in [1.54, 1.807) is 13.1 Å². The van der Waals surface area contributed by atoms with Gasteiger partial charge in [0.05, 0.1) is 18.2 Å². The topological polar surface area (TPSA) is 93.5 Å². The van der Waals surface area contributed by atoms with Crippen molar-refractivity contribution in [3.05, 3.63) is 52.3 Å². The SMILES string of the molecule is Cn1nc(Br)cc1[C@@H](CC(=O)O)NC(=O)OCc1ccccc1. The maximum absolute atomic E-state index is 11.9. The Bertz CT molecular complexity index is 687. The number of carboxylic acids is 1. The highest BCUT2D eigenvalue weighted by Crippen LogP contribution is 2.20. The zero-order valence-electron chi connectivity index (χ0n) is 12.4. The van der Waals surface area contributed by atoms with Gasteiger partial charge in [0.25, 0.3) is 0 Å². The van der Waals surface area contributed by atoms with Gasteiger partial charge < -0.3 is 15.2 Å². The standard InChI is InChI=1S/C15H16BrN3O4/c1-19-12(8-13(16)18-19)11(7-14(20)21)17-15(22)23-9-10-5-3-2-4-6-10/h2-6,8,11H,7,9H2,1H3,(H,17,22)(H,20,21)/t11-/m1/s1. The number of carbonyl (C=O) groups excluding carboxylic acids is 1. The minimum Gasteiger partial charge on any atom is -0.481 e. The monoisotopic (exact) mass is 381 g/mol. The van der Waals surface area contributed by atoms with E-state index in [0.717, 1.165) is 5.56 Å². The lowest BCUT2D eigenvalue weighted by Crippen LogP contribution is -2.31. The number of amides is 1. The molecule has 2 N–H and O–H groups in total. The molecule has 1 aromatic heterocycles. The van der Waals surface area contributed by atoms with Gasteiger partial charge in [-0.1, -0.05) is 30.3 Å². The third kappa shape index (κ3) is 5.10. The van der Waals surface area contributed by atoms with Crippen LogP contribution in [0.1, 0.15) is 23.7 Å². The summed E-state index contributed by atoms with van der Waals surface area (Å²) in [5.74, 6) is -1.03. The van der Waals surface area contributed by atoms with Gasteiger partial charge in [-0.05, 0) is 27.6 Å². The van der Waals surface area contributed by atoms with Gasteiger partial charge in [-0.25, -0.2) is 4.79 Å². The van der Waals surface area contributed by atoms with Crippen molar-refractivity contribution in [1.82, 2.24) is 15.1 Å². The number of carboxylic acid groups (broad SMARTS) is 1. The summed E-state index contributed by atoms with van der Waals surface area (Å²) < 4.78 is 7.19. The van der Waals surface area contributed by atoms with Crippen molar-refractivity contribution < 1.29 is 19.4 Å². The van der Waals surface area contributed by atoms with E-state index in [4.69, 9.17) is 9.84 Å². The molecular weight excluding hydrogens is 366 g/mol. The number of ether oxygens (including phenoxy) is 1. The molecule has 0 radical (unpaired) electrons. The molecule has 0 aliphatic heterocycles. The molecule has 0 fully saturated rings. The highest BCUT2D eigenvalue weighted by molar-refractivity contribution is 9.10. The number of aromatic nitrogens is 2. The number of aliphatic carboxylic acids is 1. The molecule has 7 nitrogen and oxygen atoms in total. The molecule has 122 valence electrons. The maximum Gasteiger partial charge on any atom is 0.408 e. The van der Waals surface area contributed by atoms with Gasteiger partial charge in [0.2, 0.25) is 0 Å². The van der Waals surface area contributed by atoms with Gasteiger partial charge >= 0.3 is 12.1 Å². The number of aryl methyl sites for hydroxylation is 1. The van der Waals surface area contributed by atoms with E-state index in [1.807, 2.05) is 30.3 Å².